The number of hydrogen-bond acceptors (Lipinski definition) is 6. The van der Waals surface area contributed by atoms with Gasteiger partial charge in [-0.15, -0.1) is 0 Å². The van der Waals surface area contributed by atoms with E-state index in [1.54, 1.807) is 31.4 Å². The van der Waals surface area contributed by atoms with E-state index >= 15 is 0 Å². The molecule has 0 spiro atoms. The number of ketones is 1. The number of rotatable bonds is 4. The number of aliphatic hydroxyl groups excluding tert-OH is 1. The van der Waals surface area contributed by atoms with Crippen LogP contribution in [0.1, 0.15) is 28.3 Å². The van der Waals surface area contributed by atoms with E-state index < -0.39 is 17.7 Å². The summed E-state index contributed by atoms with van der Waals surface area (Å²) < 4.78 is 6.99. The fraction of sp³-hybridized carbons (Fsp3) is 0.148. The molecule has 0 radical (unpaired) electrons. The first-order valence-electron chi connectivity index (χ1n) is 10.9. The number of methoxy groups -OCH3 is 1. The van der Waals surface area contributed by atoms with Crippen molar-refractivity contribution in [3.8, 4) is 5.75 Å². The Morgan fingerprint density at radius 2 is 1.74 bits per heavy atom. The lowest BCUT2D eigenvalue weighted by Crippen LogP contribution is -2.29. The molecule has 2 heterocycles. The van der Waals surface area contributed by atoms with Gasteiger partial charge in [0.15, 0.2) is 5.13 Å². The number of nitrogens with zero attached hydrogens (tertiary/aromatic N) is 2. The summed E-state index contributed by atoms with van der Waals surface area (Å²) in [6.45, 7) is 3.98. The van der Waals surface area contributed by atoms with Crippen LogP contribution in [0.2, 0.25) is 0 Å². The van der Waals surface area contributed by atoms with Crippen molar-refractivity contribution >= 4 is 60.1 Å². The van der Waals surface area contributed by atoms with Gasteiger partial charge in [0.25, 0.3) is 5.78 Å². The number of carbonyl (C=O) groups is 2. The van der Waals surface area contributed by atoms with Gasteiger partial charge in [0.1, 0.15) is 11.5 Å². The second-order valence-electron chi connectivity index (χ2n) is 8.37. The fourth-order valence-corrected chi connectivity index (χ4v) is 5.79. The van der Waals surface area contributed by atoms with Gasteiger partial charge >= 0.3 is 5.91 Å². The molecule has 1 aliphatic heterocycles. The van der Waals surface area contributed by atoms with Gasteiger partial charge in [-0.05, 0) is 73.0 Å². The highest BCUT2D eigenvalue weighted by molar-refractivity contribution is 9.10. The van der Waals surface area contributed by atoms with E-state index in [1.165, 1.54) is 16.2 Å². The Morgan fingerprint density at radius 1 is 1.06 bits per heavy atom. The number of Topliss-reactive ketones (excluding diaryl/α,β-unsaturated/α-hetero) is 1. The molecular weight excluding hydrogens is 528 g/mol. The number of halogens is 1. The van der Waals surface area contributed by atoms with E-state index in [2.05, 4.69) is 15.9 Å². The second-order valence-corrected chi connectivity index (χ2v) is 10.3. The van der Waals surface area contributed by atoms with Crippen molar-refractivity contribution in [2.24, 2.45) is 0 Å². The van der Waals surface area contributed by atoms with Crippen LogP contribution in [0.4, 0.5) is 5.13 Å². The van der Waals surface area contributed by atoms with Crippen molar-refractivity contribution in [1.82, 2.24) is 4.98 Å². The third kappa shape index (κ3) is 4.02. The van der Waals surface area contributed by atoms with E-state index in [4.69, 9.17) is 9.72 Å². The quantitative estimate of drug-likeness (QED) is 0.183. The molecule has 0 aliphatic carbocycles. The minimum absolute atomic E-state index is 0.0228. The van der Waals surface area contributed by atoms with Crippen LogP contribution in [-0.2, 0) is 9.59 Å². The molecule has 1 atom stereocenters. The maximum atomic E-state index is 13.4. The van der Waals surface area contributed by atoms with Gasteiger partial charge in [0, 0.05) is 10.0 Å². The van der Waals surface area contributed by atoms with E-state index in [0.717, 1.165) is 25.8 Å². The number of carbonyl (C=O) groups excluding carboxylic acids is 2. The molecule has 0 saturated carbocycles. The molecule has 1 fully saturated rings. The SMILES string of the molecule is COc1ccc(C(O)=C2C(=O)C(=O)N(c3nc4c(C)cc(C)cc4s3)C2c2ccc(Br)cc2)cc1. The summed E-state index contributed by atoms with van der Waals surface area (Å²) in [5.41, 5.74) is 4.02. The number of anilines is 1. The Labute approximate surface area is 214 Å². The third-order valence-corrected chi connectivity index (χ3v) is 7.55. The minimum atomic E-state index is -0.827. The molecule has 176 valence electrons. The average Bonchev–Trinajstić information content (AvgIpc) is 3.38. The predicted molar refractivity (Wildman–Crippen MR) is 141 cm³/mol. The molecule has 1 unspecified atom stereocenters. The van der Waals surface area contributed by atoms with Crippen LogP contribution in [0.5, 0.6) is 5.75 Å². The van der Waals surface area contributed by atoms with Gasteiger partial charge in [-0.2, -0.15) is 0 Å². The molecule has 1 aliphatic rings. The normalized spacial score (nSPS) is 17.4. The largest absolute Gasteiger partial charge is 0.507 e. The monoisotopic (exact) mass is 548 g/mol. The van der Waals surface area contributed by atoms with E-state index in [1.807, 2.05) is 50.2 Å². The molecule has 8 heteroatoms. The van der Waals surface area contributed by atoms with Crippen molar-refractivity contribution in [3.63, 3.8) is 0 Å². The maximum absolute atomic E-state index is 13.4. The molecule has 0 bridgehead atoms. The van der Waals surface area contributed by atoms with E-state index in [-0.39, 0.29) is 11.3 Å². The van der Waals surface area contributed by atoms with Gasteiger partial charge in [-0.25, -0.2) is 4.98 Å². The van der Waals surface area contributed by atoms with Crippen LogP contribution in [0.15, 0.2) is 70.7 Å². The van der Waals surface area contributed by atoms with Crippen LogP contribution in [0, 0.1) is 13.8 Å². The molecule has 1 N–H and O–H groups in total. The van der Waals surface area contributed by atoms with Crippen LogP contribution in [-0.4, -0.2) is 28.9 Å². The number of benzene rings is 3. The van der Waals surface area contributed by atoms with Crippen LogP contribution < -0.4 is 9.64 Å². The summed E-state index contributed by atoms with van der Waals surface area (Å²) in [5, 5.41) is 11.7. The molecule has 6 nitrogen and oxygen atoms in total. The summed E-state index contributed by atoms with van der Waals surface area (Å²) >= 11 is 4.80. The summed E-state index contributed by atoms with van der Waals surface area (Å²) in [4.78, 5) is 32.9. The summed E-state index contributed by atoms with van der Waals surface area (Å²) in [6, 6.07) is 17.3. The van der Waals surface area contributed by atoms with Gasteiger partial charge in [-0.3, -0.25) is 14.5 Å². The Kier molecular flexibility index (Phi) is 5.94. The zero-order valence-corrected chi connectivity index (χ0v) is 21.6. The molecule has 1 aromatic heterocycles. The second kappa shape index (κ2) is 8.94. The summed E-state index contributed by atoms with van der Waals surface area (Å²) in [7, 11) is 1.55. The first kappa shape index (κ1) is 23.3. The van der Waals surface area contributed by atoms with Crippen LogP contribution >= 0.6 is 27.3 Å². The number of aliphatic hydroxyl groups is 1. The van der Waals surface area contributed by atoms with Crippen LogP contribution in [0.25, 0.3) is 16.0 Å². The number of ether oxygens (including phenoxy) is 1. The van der Waals surface area contributed by atoms with Crippen molar-refractivity contribution in [3.05, 3.63) is 93.0 Å². The van der Waals surface area contributed by atoms with Gasteiger partial charge in [0.05, 0.1) is 28.9 Å². The number of amides is 1. The number of aromatic nitrogens is 1. The minimum Gasteiger partial charge on any atom is -0.507 e. The number of thiazole rings is 1. The van der Waals surface area contributed by atoms with Gasteiger partial charge < -0.3 is 9.84 Å². The summed E-state index contributed by atoms with van der Waals surface area (Å²) in [5.74, 6) is -1.10. The fourth-order valence-electron chi connectivity index (χ4n) is 4.36. The molecule has 5 rings (SSSR count). The van der Waals surface area contributed by atoms with E-state index in [0.29, 0.717) is 22.0 Å². The lowest BCUT2D eigenvalue weighted by atomic mass is 9.95. The van der Waals surface area contributed by atoms with Gasteiger partial charge in [0.2, 0.25) is 0 Å². The molecular formula is C27H21BrN2O4S. The molecule has 3 aromatic carbocycles. The maximum Gasteiger partial charge on any atom is 0.301 e. The Morgan fingerprint density at radius 3 is 2.40 bits per heavy atom. The zero-order valence-electron chi connectivity index (χ0n) is 19.2. The Hall–Kier alpha value is -3.49. The Balaban J connectivity index is 1.72. The lowest BCUT2D eigenvalue weighted by molar-refractivity contribution is -0.132. The number of aryl methyl sites for hydroxylation is 2. The first-order valence-corrected chi connectivity index (χ1v) is 12.5. The van der Waals surface area contributed by atoms with Crippen molar-refractivity contribution in [1.29, 1.82) is 0 Å². The first-order chi connectivity index (χ1) is 16.8. The number of hydrogen-bond donors (Lipinski definition) is 1. The molecule has 4 aromatic rings. The van der Waals surface area contributed by atoms with Crippen molar-refractivity contribution in [2.75, 3.05) is 12.0 Å². The van der Waals surface area contributed by atoms with Gasteiger partial charge in [-0.1, -0.05) is 45.5 Å². The highest BCUT2D eigenvalue weighted by Gasteiger charge is 2.48. The zero-order chi connectivity index (χ0) is 24.9. The third-order valence-electron chi connectivity index (χ3n) is 6.02. The molecule has 35 heavy (non-hydrogen) atoms. The molecule has 1 saturated heterocycles. The summed E-state index contributed by atoms with van der Waals surface area (Å²) in [6.07, 6.45) is 0. The predicted octanol–water partition coefficient (Wildman–Crippen LogP) is 6.31. The molecule has 1 amide bonds. The standard InChI is InChI=1S/C27H21BrN2O4S/c1-14-12-15(2)22-20(13-14)35-27(29-22)30-23(16-4-8-18(28)9-5-16)21(25(32)26(30)33)24(31)17-6-10-19(34-3)11-7-17/h4-13,23,31H,1-3H3. The van der Waals surface area contributed by atoms with Crippen molar-refractivity contribution < 1.29 is 19.4 Å². The lowest BCUT2D eigenvalue weighted by Gasteiger charge is -2.23. The van der Waals surface area contributed by atoms with E-state index in [9.17, 15) is 14.7 Å². The highest BCUT2D eigenvalue weighted by Crippen LogP contribution is 2.45. The number of fused-ring (bicyclic) bond motifs is 1. The van der Waals surface area contributed by atoms with Crippen LogP contribution in [0.3, 0.4) is 0 Å². The average molecular weight is 549 g/mol. The van der Waals surface area contributed by atoms with Crippen molar-refractivity contribution in [2.45, 2.75) is 19.9 Å². The smallest absolute Gasteiger partial charge is 0.301 e. The Bertz CT molecular complexity index is 1510. The topological polar surface area (TPSA) is 79.7 Å². The highest BCUT2D eigenvalue weighted by atomic mass is 79.9.